The lowest BCUT2D eigenvalue weighted by molar-refractivity contribution is -0.122. The lowest BCUT2D eigenvalue weighted by Gasteiger charge is -2.20. The molecule has 1 atom stereocenters. The van der Waals surface area contributed by atoms with E-state index in [0.29, 0.717) is 23.4 Å². The van der Waals surface area contributed by atoms with Crippen molar-refractivity contribution in [2.24, 2.45) is 0 Å². The van der Waals surface area contributed by atoms with E-state index in [0.717, 1.165) is 18.6 Å². The highest BCUT2D eigenvalue weighted by Crippen LogP contribution is 2.27. The van der Waals surface area contributed by atoms with E-state index in [4.69, 9.17) is 4.74 Å². The summed E-state index contributed by atoms with van der Waals surface area (Å²) in [5.74, 6) is 0.328. The van der Waals surface area contributed by atoms with Crippen molar-refractivity contribution in [2.75, 3.05) is 10.6 Å². The zero-order valence-electron chi connectivity index (χ0n) is 21.7. The van der Waals surface area contributed by atoms with E-state index >= 15 is 0 Å². The van der Waals surface area contributed by atoms with Crippen molar-refractivity contribution in [2.45, 2.75) is 71.3 Å². The minimum atomic E-state index is -0.605. The fourth-order valence-electron chi connectivity index (χ4n) is 4.49. The number of rotatable bonds is 7. The molecular formula is C31H36N2O3. The lowest BCUT2D eigenvalue weighted by atomic mass is 9.87. The molecule has 4 rings (SSSR count). The van der Waals surface area contributed by atoms with Crippen LogP contribution in [0.1, 0.15) is 74.0 Å². The molecule has 0 saturated carbocycles. The molecule has 0 saturated heterocycles. The van der Waals surface area contributed by atoms with Gasteiger partial charge in [0.05, 0.1) is 0 Å². The summed E-state index contributed by atoms with van der Waals surface area (Å²) in [7, 11) is 0. The molecule has 1 aliphatic carbocycles. The summed E-state index contributed by atoms with van der Waals surface area (Å²) in [6, 6.07) is 21.0. The average Bonchev–Trinajstić information content (AvgIpc) is 2.87. The number of nitrogens with one attached hydrogen (secondary N) is 2. The molecule has 2 N–H and O–H groups in total. The molecule has 36 heavy (non-hydrogen) atoms. The number of amides is 2. The van der Waals surface area contributed by atoms with E-state index < -0.39 is 6.10 Å². The molecule has 0 heterocycles. The smallest absolute Gasteiger partial charge is 0.265 e. The van der Waals surface area contributed by atoms with Gasteiger partial charge in [-0.1, -0.05) is 52.0 Å². The molecule has 0 fully saturated rings. The first kappa shape index (κ1) is 25.5. The number of ether oxygens (including phenoxy) is 1. The van der Waals surface area contributed by atoms with Crippen LogP contribution in [0.3, 0.4) is 0 Å². The first-order valence-corrected chi connectivity index (χ1v) is 12.8. The first-order valence-electron chi connectivity index (χ1n) is 12.8. The number of hydrogen-bond donors (Lipinski definition) is 2. The molecule has 0 radical (unpaired) electrons. The number of carbonyl (C=O) groups is 2. The van der Waals surface area contributed by atoms with Gasteiger partial charge in [-0.25, -0.2) is 0 Å². The predicted molar refractivity (Wildman–Crippen MR) is 146 cm³/mol. The molecule has 1 aliphatic rings. The monoisotopic (exact) mass is 484 g/mol. The van der Waals surface area contributed by atoms with Crippen molar-refractivity contribution < 1.29 is 14.3 Å². The van der Waals surface area contributed by atoms with Crippen LogP contribution >= 0.6 is 0 Å². The zero-order valence-corrected chi connectivity index (χ0v) is 21.7. The number of aryl methyl sites for hydroxylation is 2. The minimum Gasteiger partial charge on any atom is -0.481 e. The predicted octanol–water partition coefficient (Wildman–Crippen LogP) is 6.91. The summed E-state index contributed by atoms with van der Waals surface area (Å²) >= 11 is 0. The maximum Gasteiger partial charge on any atom is 0.265 e. The van der Waals surface area contributed by atoms with Crippen molar-refractivity contribution in [3.05, 3.63) is 89.0 Å². The topological polar surface area (TPSA) is 67.4 Å². The van der Waals surface area contributed by atoms with Gasteiger partial charge >= 0.3 is 0 Å². The van der Waals surface area contributed by atoms with Crippen LogP contribution < -0.4 is 15.4 Å². The van der Waals surface area contributed by atoms with E-state index in [-0.39, 0.29) is 17.2 Å². The maximum atomic E-state index is 13.0. The third-order valence-electron chi connectivity index (χ3n) is 6.66. The summed E-state index contributed by atoms with van der Waals surface area (Å²) in [5, 5.41) is 5.86. The molecule has 1 unspecified atom stereocenters. The van der Waals surface area contributed by atoms with Crippen LogP contribution in [-0.4, -0.2) is 17.9 Å². The zero-order chi connectivity index (χ0) is 25.7. The molecule has 5 nitrogen and oxygen atoms in total. The quantitative estimate of drug-likeness (QED) is 0.383. The number of hydrogen-bond acceptors (Lipinski definition) is 3. The van der Waals surface area contributed by atoms with Gasteiger partial charge in [0.25, 0.3) is 11.8 Å². The fourth-order valence-corrected chi connectivity index (χ4v) is 4.49. The molecule has 0 spiro atoms. The van der Waals surface area contributed by atoms with Gasteiger partial charge in [0.2, 0.25) is 0 Å². The maximum absolute atomic E-state index is 13.0. The Bertz CT molecular complexity index is 1230. The SMILES string of the molecule is CCC(Oc1ccc2c(c1)CCCC2)C(=O)Nc1cccc(NC(=O)c2ccc(C(C)(C)C)cc2)c1. The van der Waals surface area contributed by atoms with Gasteiger partial charge in [0.15, 0.2) is 6.10 Å². The molecule has 0 bridgehead atoms. The van der Waals surface area contributed by atoms with E-state index in [9.17, 15) is 9.59 Å². The van der Waals surface area contributed by atoms with Crippen LogP contribution in [0.2, 0.25) is 0 Å². The van der Waals surface area contributed by atoms with Crippen LogP contribution in [0.15, 0.2) is 66.7 Å². The standard InChI is InChI=1S/C31H36N2O3/c1-5-28(36-27-18-15-21-9-6-7-10-23(21)19-27)30(35)33-26-12-8-11-25(20-26)32-29(34)22-13-16-24(17-14-22)31(2,3)4/h8,11-20,28H,5-7,9-10H2,1-4H3,(H,32,34)(H,33,35). The molecule has 5 heteroatoms. The Hall–Kier alpha value is -3.60. The van der Waals surface area contributed by atoms with Gasteiger partial charge in [-0.3, -0.25) is 9.59 Å². The lowest BCUT2D eigenvalue weighted by Crippen LogP contribution is -2.32. The Balaban J connectivity index is 1.38. The Morgan fingerprint density at radius 1 is 0.861 bits per heavy atom. The second-order valence-corrected chi connectivity index (χ2v) is 10.5. The van der Waals surface area contributed by atoms with Crippen LogP contribution in [0.5, 0.6) is 5.75 Å². The molecule has 2 amide bonds. The molecular weight excluding hydrogens is 448 g/mol. The minimum absolute atomic E-state index is 0.0293. The summed E-state index contributed by atoms with van der Waals surface area (Å²) in [5.41, 5.74) is 5.71. The number of benzene rings is 3. The second kappa shape index (κ2) is 11.0. The molecule has 3 aromatic carbocycles. The summed E-state index contributed by atoms with van der Waals surface area (Å²) in [6.07, 6.45) is 4.55. The van der Waals surface area contributed by atoms with Gasteiger partial charge in [0, 0.05) is 16.9 Å². The van der Waals surface area contributed by atoms with Crippen LogP contribution in [-0.2, 0) is 23.1 Å². The van der Waals surface area contributed by atoms with Crippen molar-refractivity contribution in [1.29, 1.82) is 0 Å². The highest BCUT2D eigenvalue weighted by Gasteiger charge is 2.20. The van der Waals surface area contributed by atoms with Crippen LogP contribution in [0.25, 0.3) is 0 Å². The number of carbonyl (C=O) groups excluding carboxylic acids is 2. The average molecular weight is 485 g/mol. The Labute approximate surface area is 214 Å². The molecule has 0 aromatic heterocycles. The van der Waals surface area contributed by atoms with E-state index in [2.05, 4.69) is 43.5 Å². The van der Waals surface area contributed by atoms with Gasteiger partial charge in [-0.2, -0.15) is 0 Å². The van der Waals surface area contributed by atoms with Gasteiger partial charge in [0.1, 0.15) is 5.75 Å². The van der Waals surface area contributed by atoms with E-state index in [1.54, 1.807) is 24.3 Å². The number of anilines is 2. The Morgan fingerprint density at radius 2 is 1.53 bits per heavy atom. The highest BCUT2D eigenvalue weighted by atomic mass is 16.5. The molecule has 0 aliphatic heterocycles. The normalized spacial score (nSPS) is 13.9. The largest absolute Gasteiger partial charge is 0.481 e. The third kappa shape index (κ3) is 6.34. The third-order valence-corrected chi connectivity index (χ3v) is 6.66. The second-order valence-electron chi connectivity index (χ2n) is 10.5. The van der Waals surface area contributed by atoms with Crippen molar-refractivity contribution in [3.8, 4) is 5.75 Å². The number of fused-ring (bicyclic) bond motifs is 1. The Kier molecular flexibility index (Phi) is 7.78. The van der Waals surface area contributed by atoms with Gasteiger partial charge in [-0.05, 0) is 96.7 Å². The van der Waals surface area contributed by atoms with E-state index in [1.165, 1.54) is 29.5 Å². The highest BCUT2D eigenvalue weighted by molar-refractivity contribution is 6.04. The van der Waals surface area contributed by atoms with Crippen LogP contribution in [0.4, 0.5) is 11.4 Å². The van der Waals surface area contributed by atoms with Crippen molar-refractivity contribution in [3.63, 3.8) is 0 Å². The van der Waals surface area contributed by atoms with Gasteiger partial charge < -0.3 is 15.4 Å². The van der Waals surface area contributed by atoms with Crippen molar-refractivity contribution in [1.82, 2.24) is 0 Å². The Morgan fingerprint density at radius 3 is 2.19 bits per heavy atom. The van der Waals surface area contributed by atoms with Gasteiger partial charge in [-0.15, -0.1) is 0 Å². The van der Waals surface area contributed by atoms with Crippen LogP contribution in [0, 0.1) is 0 Å². The summed E-state index contributed by atoms with van der Waals surface area (Å²) < 4.78 is 6.07. The first-order chi connectivity index (χ1) is 17.2. The summed E-state index contributed by atoms with van der Waals surface area (Å²) in [6.45, 7) is 8.36. The molecule has 3 aromatic rings. The fraction of sp³-hybridized carbons (Fsp3) is 0.355. The summed E-state index contributed by atoms with van der Waals surface area (Å²) in [4.78, 5) is 25.7. The van der Waals surface area contributed by atoms with Crippen molar-refractivity contribution >= 4 is 23.2 Å². The van der Waals surface area contributed by atoms with E-state index in [1.807, 2.05) is 37.3 Å². The molecule has 188 valence electrons.